The lowest BCUT2D eigenvalue weighted by molar-refractivity contribution is -0.313. The Bertz CT molecular complexity index is 1790. The number of amides is 4. The fourth-order valence-electron chi connectivity index (χ4n) is 9.61. The normalized spacial score (nSPS) is 39.5. The van der Waals surface area contributed by atoms with E-state index in [1.165, 1.54) is 12.0 Å². The largest absolute Gasteiger partial charge is 0.454 e. The van der Waals surface area contributed by atoms with Crippen molar-refractivity contribution in [3.63, 3.8) is 0 Å². The summed E-state index contributed by atoms with van der Waals surface area (Å²) in [5, 5.41) is 32.0. The molecular formula is C46H74N6O12. The van der Waals surface area contributed by atoms with Gasteiger partial charge in [-0.1, -0.05) is 51.1 Å². The number of nitrogens with one attached hydrogen (secondary N) is 3. The molecule has 5 rings (SSSR count). The van der Waals surface area contributed by atoms with E-state index in [4.69, 9.17) is 33.4 Å². The molecule has 4 aliphatic heterocycles. The lowest BCUT2D eigenvalue weighted by Crippen LogP contribution is -2.60. The summed E-state index contributed by atoms with van der Waals surface area (Å²) in [6.45, 7) is 15.8. The Morgan fingerprint density at radius 3 is 2.27 bits per heavy atom. The van der Waals surface area contributed by atoms with Gasteiger partial charge in [-0.05, 0) is 65.9 Å². The van der Waals surface area contributed by atoms with Gasteiger partial charge in [0.25, 0.3) is 6.02 Å². The number of likely N-dealkylation sites (N-methyl/N-ethyl adjacent to an activating group) is 2. The summed E-state index contributed by atoms with van der Waals surface area (Å²) in [4.78, 5) is 63.1. The average Bonchev–Trinajstić information content (AvgIpc) is 3.53. The molecule has 0 saturated carbocycles. The van der Waals surface area contributed by atoms with E-state index in [1.54, 1.807) is 34.7 Å². The van der Waals surface area contributed by atoms with Crippen molar-refractivity contribution in [1.82, 2.24) is 25.8 Å². The van der Waals surface area contributed by atoms with Crippen LogP contribution in [0.5, 0.6) is 0 Å². The first kappa shape index (κ1) is 51.1. The second kappa shape index (κ2) is 21.6. The highest BCUT2D eigenvalue weighted by Gasteiger charge is 2.54. The van der Waals surface area contributed by atoms with E-state index in [0.717, 1.165) is 5.56 Å². The van der Waals surface area contributed by atoms with Crippen LogP contribution in [0.25, 0.3) is 0 Å². The Balaban J connectivity index is 1.54. The van der Waals surface area contributed by atoms with E-state index in [2.05, 4.69) is 16.0 Å². The summed E-state index contributed by atoms with van der Waals surface area (Å²) < 4.78 is 38.7. The number of ether oxygens (including phenoxy) is 6. The van der Waals surface area contributed by atoms with Crippen LogP contribution >= 0.6 is 0 Å². The summed E-state index contributed by atoms with van der Waals surface area (Å²) in [7, 11) is 5.05. The van der Waals surface area contributed by atoms with E-state index in [0.29, 0.717) is 12.4 Å². The van der Waals surface area contributed by atoms with Gasteiger partial charge in [0.05, 0.1) is 60.7 Å². The average molecular weight is 903 g/mol. The number of hydrogen-bond donors (Lipinski definition) is 5. The van der Waals surface area contributed by atoms with Gasteiger partial charge in [0.1, 0.15) is 12.1 Å². The summed E-state index contributed by atoms with van der Waals surface area (Å²) in [5.74, 6) is -4.21. The number of carbonyl (C=O) groups is 4. The van der Waals surface area contributed by atoms with E-state index < -0.39 is 96.4 Å². The SMILES string of the molecule is COC1(C)C[C@H](OC2C(C)C(=O)NCC(=O)N[C@H](Cc3ccccc3)C(=O)NCC(=O)N(C)C[C@H](C)C[C@@](C)(O)[C@H](OC3OC(C)CC4[C@H]3O/C(=N/C(C)C)N4C)[C@H]2C)OC(C)[C@@H]1O. The van der Waals surface area contributed by atoms with Crippen LogP contribution in [0.3, 0.4) is 0 Å². The predicted molar refractivity (Wildman–Crippen MR) is 237 cm³/mol. The third-order valence-corrected chi connectivity index (χ3v) is 13.1. The highest BCUT2D eigenvalue weighted by Crippen LogP contribution is 2.40. The number of benzene rings is 1. The molecule has 15 atom stereocenters. The van der Waals surface area contributed by atoms with Crippen molar-refractivity contribution in [2.45, 2.75) is 167 Å². The Morgan fingerprint density at radius 2 is 1.61 bits per heavy atom. The number of aliphatic hydroxyl groups excluding tert-OH is 1. The Morgan fingerprint density at radius 1 is 0.938 bits per heavy atom. The van der Waals surface area contributed by atoms with E-state index in [-0.39, 0.29) is 62.4 Å². The molecule has 7 unspecified atom stereocenters. The zero-order valence-electron chi connectivity index (χ0n) is 39.7. The molecule has 0 spiro atoms. The number of amidine groups is 1. The standard InChI is InChI=1S/C46H74N6O12/c1-25(2)49-44-52(11)33-18-27(4)60-43(38(33)63-44)64-40-28(5)37(62-36-21-46(9,59-12)39(55)30(7)61-36)29(6)41(56)47-22-34(53)50-32(19-31-16-14-13-15-17-31)42(57)48-23-35(54)51(10)24-26(3)20-45(40,8)58/h13-17,25-30,32-33,36-40,43,55,58H,18-24H2,1-12H3,(H,47,56)(H,48,57)(H,50,53)/b49-44+/t26-,27?,28+,29?,30?,32-,33?,36+,37?,38-,39+,40-,43?,45-,46?/m1/s1. The zero-order chi connectivity index (χ0) is 47.3. The van der Waals surface area contributed by atoms with Crippen LogP contribution in [0, 0.1) is 17.8 Å². The van der Waals surface area contributed by atoms with Gasteiger partial charge in [0, 0.05) is 52.6 Å². The number of rotatable bonds is 8. The number of aliphatic hydroxyl groups is 2. The van der Waals surface area contributed by atoms with Crippen molar-refractivity contribution in [1.29, 1.82) is 0 Å². The van der Waals surface area contributed by atoms with Gasteiger partial charge >= 0.3 is 0 Å². The van der Waals surface area contributed by atoms with Crippen molar-refractivity contribution >= 4 is 29.7 Å². The molecule has 5 N–H and O–H groups in total. The van der Waals surface area contributed by atoms with Crippen molar-refractivity contribution in [2.75, 3.05) is 40.8 Å². The summed E-state index contributed by atoms with van der Waals surface area (Å²) in [6.07, 6.45) is -5.68. The number of methoxy groups -OCH3 is 1. The summed E-state index contributed by atoms with van der Waals surface area (Å²) in [5.41, 5.74) is -1.93. The van der Waals surface area contributed by atoms with Crippen LogP contribution in [-0.2, 0) is 54.0 Å². The molecule has 0 radical (unpaired) electrons. The van der Waals surface area contributed by atoms with Gasteiger partial charge in [-0.15, -0.1) is 0 Å². The number of carbonyl (C=O) groups excluding carboxylic acids is 4. The van der Waals surface area contributed by atoms with Crippen LogP contribution in [0.2, 0.25) is 0 Å². The topological polar surface area (TPSA) is 219 Å². The second-order valence-electron chi connectivity index (χ2n) is 19.2. The number of fused-ring (bicyclic) bond motifs is 1. The molecule has 0 aromatic heterocycles. The molecule has 64 heavy (non-hydrogen) atoms. The lowest BCUT2D eigenvalue weighted by atomic mass is 9.77. The molecule has 1 aromatic rings. The minimum absolute atomic E-state index is 0.0388. The molecule has 0 bridgehead atoms. The summed E-state index contributed by atoms with van der Waals surface area (Å²) >= 11 is 0. The Hall–Kier alpha value is -3.91. The van der Waals surface area contributed by atoms with Crippen LogP contribution in [0.4, 0.5) is 0 Å². The molecule has 4 amide bonds. The third-order valence-electron chi connectivity index (χ3n) is 13.1. The smallest absolute Gasteiger partial charge is 0.288 e. The van der Waals surface area contributed by atoms with Gasteiger partial charge in [-0.25, -0.2) is 4.99 Å². The van der Waals surface area contributed by atoms with E-state index >= 15 is 0 Å². The van der Waals surface area contributed by atoms with Crippen molar-refractivity contribution in [3.05, 3.63) is 35.9 Å². The first-order valence-corrected chi connectivity index (χ1v) is 22.7. The van der Waals surface area contributed by atoms with E-state index in [1.807, 2.05) is 76.9 Å². The van der Waals surface area contributed by atoms with Crippen molar-refractivity contribution in [2.24, 2.45) is 22.7 Å². The molecule has 4 fully saturated rings. The molecule has 4 aliphatic rings. The van der Waals surface area contributed by atoms with Crippen molar-refractivity contribution < 1.29 is 57.8 Å². The highest BCUT2D eigenvalue weighted by molar-refractivity contribution is 5.92. The molecule has 18 heteroatoms. The Labute approximate surface area is 378 Å². The van der Waals surface area contributed by atoms with Gasteiger partial charge in [-0.2, -0.15) is 0 Å². The highest BCUT2D eigenvalue weighted by atomic mass is 16.7. The molecule has 1 aromatic carbocycles. The van der Waals surface area contributed by atoms with E-state index in [9.17, 15) is 29.4 Å². The van der Waals surface area contributed by atoms with Gasteiger partial charge in [0.2, 0.25) is 23.6 Å². The molecule has 4 saturated heterocycles. The second-order valence-corrected chi connectivity index (χ2v) is 19.2. The first-order valence-electron chi connectivity index (χ1n) is 22.7. The first-order chi connectivity index (χ1) is 30.0. The molecule has 0 aliphatic carbocycles. The van der Waals surface area contributed by atoms with Gasteiger partial charge in [-0.3, -0.25) is 19.2 Å². The minimum Gasteiger partial charge on any atom is -0.454 e. The third kappa shape index (κ3) is 12.5. The lowest BCUT2D eigenvalue weighted by Gasteiger charge is -2.48. The number of nitrogens with zero attached hydrogens (tertiary/aromatic N) is 3. The molecular weight excluding hydrogens is 829 g/mol. The quantitative estimate of drug-likeness (QED) is 0.252. The number of aliphatic imine (C=N–C) groups is 1. The number of hydrogen-bond acceptors (Lipinski definition) is 13. The molecule has 18 nitrogen and oxygen atoms in total. The fourth-order valence-corrected chi connectivity index (χ4v) is 9.61. The summed E-state index contributed by atoms with van der Waals surface area (Å²) in [6, 6.07) is 8.36. The van der Waals surface area contributed by atoms with Crippen LogP contribution in [-0.4, -0.2) is 169 Å². The molecule has 360 valence electrons. The van der Waals surface area contributed by atoms with Crippen LogP contribution in [0.1, 0.15) is 87.1 Å². The maximum absolute atomic E-state index is 14.3. The predicted octanol–water partition coefficient (Wildman–Crippen LogP) is 1.74. The molecule has 4 heterocycles. The zero-order valence-corrected chi connectivity index (χ0v) is 39.7. The van der Waals surface area contributed by atoms with Crippen LogP contribution in [0.15, 0.2) is 35.3 Å². The van der Waals surface area contributed by atoms with Crippen molar-refractivity contribution in [3.8, 4) is 0 Å². The van der Waals surface area contributed by atoms with Gasteiger partial charge in [0.15, 0.2) is 18.7 Å². The fraction of sp³-hybridized carbons (Fsp3) is 0.761. The monoisotopic (exact) mass is 903 g/mol. The van der Waals surface area contributed by atoms with Crippen LogP contribution < -0.4 is 16.0 Å². The van der Waals surface area contributed by atoms with Gasteiger partial charge < -0.3 is 64.4 Å². The minimum atomic E-state index is -1.65. The Kier molecular flexibility index (Phi) is 17.2. The maximum Gasteiger partial charge on any atom is 0.288 e. The maximum atomic E-state index is 14.3.